The van der Waals surface area contributed by atoms with Gasteiger partial charge in [0.2, 0.25) is 0 Å². The van der Waals surface area contributed by atoms with Gasteiger partial charge in [-0.1, -0.05) is 12.8 Å². The summed E-state index contributed by atoms with van der Waals surface area (Å²) in [5.74, 6) is 0.229. The second-order valence-corrected chi connectivity index (χ2v) is 5.09. The molecule has 0 bridgehead atoms. The second-order valence-electron chi connectivity index (χ2n) is 5.09. The van der Waals surface area contributed by atoms with Crippen LogP contribution in [0.15, 0.2) is 18.7 Å². The summed E-state index contributed by atoms with van der Waals surface area (Å²) >= 11 is 0. The predicted octanol–water partition coefficient (Wildman–Crippen LogP) is 2.34. The van der Waals surface area contributed by atoms with Gasteiger partial charge in [0.1, 0.15) is 0 Å². The Labute approximate surface area is 109 Å². The molecule has 0 aromatic carbocycles. The first kappa shape index (κ1) is 13.1. The molecule has 2 rings (SSSR count). The molecule has 4 nitrogen and oxygen atoms in total. The van der Waals surface area contributed by atoms with Crippen molar-refractivity contribution in [3.63, 3.8) is 0 Å². The Balaban J connectivity index is 1.58. The maximum Gasteiger partial charge on any atom is 0.0945 e. The van der Waals surface area contributed by atoms with Crippen LogP contribution in [-0.4, -0.2) is 22.1 Å². The minimum Gasteiger partial charge on any atom is -0.337 e. The van der Waals surface area contributed by atoms with E-state index < -0.39 is 0 Å². The first-order chi connectivity index (χ1) is 8.90. The van der Waals surface area contributed by atoms with Crippen molar-refractivity contribution in [1.82, 2.24) is 14.9 Å². The standard InChI is InChI=1S/C14H22N4/c15-11-13-5-1-2-6-14(13)17-7-3-4-9-18-10-8-16-12-18/h8,10,12-14,17H,1-7,9H2. The monoisotopic (exact) mass is 246 g/mol. The van der Waals surface area contributed by atoms with E-state index in [9.17, 15) is 0 Å². The fourth-order valence-electron chi connectivity index (χ4n) is 2.66. The molecule has 1 aliphatic carbocycles. The molecular weight excluding hydrogens is 224 g/mol. The molecule has 0 aliphatic heterocycles. The Bertz CT molecular complexity index is 366. The second kappa shape index (κ2) is 7.17. The predicted molar refractivity (Wildman–Crippen MR) is 70.8 cm³/mol. The lowest BCUT2D eigenvalue weighted by Crippen LogP contribution is -2.38. The minimum atomic E-state index is 0.229. The number of rotatable bonds is 6. The molecule has 18 heavy (non-hydrogen) atoms. The normalized spacial score (nSPS) is 23.7. The topological polar surface area (TPSA) is 53.6 Å². The molecule has 4 heteroatoms. The van der Waals surface area contributed by atoms with Gasteiger partial charge in [-0.25, -0.2) is 4.98 Å². The maximum absolute atomic E-state index is 9.09. The van der Waals surface area contributed by atoms with Crippen molar-refractivity contribution in [3.05, 3.63) is 18.7 Å². The number of nitriles is 1. The van der Waals surface area contributed by atoms with E-state index in [1.807, 2.05) is 18.7 Å². The Morgan fingerprint density at radius 2 is 2.22 bits per heavy atom. The van der Waals surface area contributed by atoms with Gasteiger partial charge in [0, 0.05) is 25.0 Å². The lowest BCUT2D eigenvalue weighted by Gasteiger charge is -2.27. The number of imidazole rings is 1. The zero-order valence-corrected chi connectivity index (χ0v) is 10.9. The van der Waals surface area contributed by atoms with Crippen molar-refractivity contribution in [3.8, 4) is 6.07 Å². The highest BCUT2D eigenvalue weighted by atomic mass is 15.0. The highest BCUT2D eigenvalue weighted by Crippen LogP contribution is 2.23. The zero-order chi connectivity index (χ0) is 12.6. The van der Waals surface area contributed by atoms with Gasteiger partial charge in [0.15, 0.2) is 0 Å². The molecule has 1 fully saturated rings. The number of nitrogens with one attached hydrogen (secondary N) is 1. The highest BCUT2D eigenvalue weighted by Gasteiger charge is 2.23. The number of nitrogens with zero attached hydrogens (tertiary/aromatic N) is 3. The van der Waals surface area contributed by atoms with Gasteiger partial charge >= 0.3 is 0 Å². The Hall–Kier alpha value is -1.34. The van der Waals surface area contributed by atoms with Crippen LogP contribution < -0.4 is 5.32 Å². The third kappa shape index (κ3) is 3.85. The van der Waals surface area contributed by atoms with E-state index in [1.165, 1.54) is 19.3 Å². The molecule has 1 aliphatic rings. The van der Waals surface area contributed by atoms with Crippen LogP contribution in [0.1, 0.15) is 38.5 Å². The van der Waals surface area contributed by atoms with Crippen molar-refractivity contribution < 1.29 is 0 Å². The van der Waals surface area contributed by atoms with Crippen LogP contribution >= 0.6 is 0 Å². The molecule has 0 saturated heterocycles. The number of aromatic nitrogens is 2. The summed E-state index contributed by atoms with van der Waals surface area (Å²) in [5, 5.41) is 12.6. The van der Waals surface area contributed by atoms with Gasteiger partial charge in [0.25, 0.3) is 0 Å². The van der Waals surface area contributed by atoms with E-state index in [1.54, 1.807) is 0 Å². The minimum absolute atomic E-state index is 0.229. The maximum atomic E-state index is 9.09. The van der Waals surface area contributed by atoms with E-state index in [0.29, 0.717) is 6.04 Å². The first-order valence-corrected chi connectivity index (χ1v) is 6.99. The van der Waals surface area contributed by atoms with Gasteiger partial charge in [-0.3, -0.25) is 0 Å². The number of hydrogen-bond acceptors (Lipinski definition) is 3. The van der Waals surface area contributed by atoms with E-state index in [2.05, 4.69) is 20.9 Å². The van der Waals surface area contributed by atoms with Crippen LogP contribution in [-0.2, 0) is 6.54 Å². The summed E-state index contributed by atoms with van der Waals surface area (Å²) in [6.45, 7) is 2.06. The molecule has 1 N–H and O–H groups in total. The average molecular weight is 246 g/mol. The summed E-state index contributed by atoms with van der Waals surface area (Å²) in [4.78, 5) is 4.03. The lowest BCUT2D eigenvalue weighted by atomic mass is 9.85. The van der Waals surface area contributed by atoms with Crippen molar-refractivity contribution in [2.45, 2.75) is 51.1 Å². The molecule has 1 heterocycles. The fourth-order valence-corrected chi connectivity index (χ4v) is 2.66. The third-order valence-electron chi connectivity index (χ3n) is 3.74. The fraction of sp³-hybridized carbons (Fsp3) is 0.714. The summed E-state index contributed by atoms with van der Waals surface area (Å²) in [7, 11) is 0. The van der Waals surface area contributed by atoms with Gasteiger partial charge in [0.05, 0.1) is 18.3 Å². The molecule has 2 atom stereocenters. The third-order valence-corrected chi connectivity index (χ3v) is 3.74. The lowest BCUT2D eigenvalue weighted by molar-refractivity contribution is 0.310. The van der Waals surface area contributed by atoms with Crippen molar-refractivity contribution in [2.75, 3.05) is 6.54 Å². The van der Waals surface area contributed by atoms with Gasteiger partial charge in [-0.2, -0.15) is 5.26 Å². The van der Waals surface area contributed by atoms with E-state index in [4.69, 9.17) is 5.26 Å². The van der Waals surface area contributed by atoms with E-state index in [-0.39, 0.29) is 5.92 Å². The molecule has 0 amide bonds. The summed E-state index contributed by atoms with van der Waals surface area (Å²) in [5.41, 5.74) is 0. The molecular formula is C14H22N4. The number of aryl methyl sites for hydroxylation is 1. The van der Waals surface area contributed by atoms with Gasteiger partial charge in [-0.15, -0.1) is 0 Å². The zero-order valence-electron chi connectivity index (χ0n) is 10.9. The van der Waals surface area contributed by atoms with Crippen molar-refractivity contribution >= 4 is 0 Å². The SMILES string of the molecule is N#CC1CCCCC1NCCCCn1ccnc1. The van der Waals surface area contributed by atoms with Crippen molar-refractivity contribution in [2.24, 2.45) is 5.92 Å². The molecule has 1 saturated carbocycles. The van der Waals surface area contributed by atoms with E-state index in [0.717, 1.165) is 32.4 Å². The molecule has 0 spiro atoms. The molecule has 98 valence electrons. The average Bonchev–Trinajstić information content (AvgIpc) is 2.92. The van der Waals surface area contributed by atoms with E-state index >= 15 is 0 Å². The first-order valence-electron chi connectivity index (χ1n) is 6.99. The molecule has 1 aromatic rings. The van der Waals surface area contributed by atoms with Gasteiger partial charge in [-0.05, 0) is 32.2 Å². The van der Waals surface area contributed by atoms with Crippen LogP contribution in [0.3, 0.4) is 0 Å². The summed E-state index contributed by atoms with van der Waals surface area (Å²) in [6.07, 6.45) is 12.7. The molecule has 0 radical (unpaired) electrons. The Morgan fingerprint density at radius 1 is 1.33 bits per heavy atom. The Kier molecular flexibility index (Phi) is 5.22. The summed E-state index contributed by atoms with van der Waals surface area (Å²) in [6, 6.07) is 2.87. The van der Waals surface area contributed by atoms with Crippen LogP contribution in [0.4, 0.5) is 0 Å². The Morgan fingerprint density at radius 3 is 3.00 bits per heavy atom. The van der Waals surface area contributed by atoms with Crippen LogP contribution in [0.5, 0.6) is 0 Å². The number of hydrogen-bond donors (Lipinski definition) is 1. The van der Waals surface area contributed by atoms with Crippen LogP contribution in [0.25, 0.3) is 0 Å². The molecule has 2 unspecified atom stereocenters. The molecule has 1 aromatic heterocycles. The van der Waals surface area contributed by atoms with Gasteiger partial charge < -0.3 is 9.88 Å². The smallest absolute Gasteiger partial charge is 0.0945 e. The summed E-state index contributed by atoms with van der Waals surface area (Å²) < 4.78 is 2.11. The number of unbranched alkanes of at least 4 members (excludes halogenated alkanes) is 1. The largest absolute Gasteiger partial charge is 0.337 e. The van der Waals surface area contributed by atoms with Crippen LogP contribution in [0, 0.1) is 17.2 Å². The van der Waals surface area contributed by atoms with Crippen LogP contribution in [0.2, 0.25) is 0 Å². The van der Waals surface area contributed by atoms with Crippen molar-refractivity contribution in [1.29, 1.82) is 5.26 Å². The quantitative estimate of drug-likeness (QED) is 0.784. The highest BCUT2D eigenvalue weighted by molar-refractivity contribution is 4.94.